The number of nitrogens with one attached hydrogen (secondary N) is 1. The molecule has 118 valence electrons. The highest BCUT2D eigenvalue weighted by Crippen LogP contribution is 2.23. The number of carbonyl (C=O) groups is 1. The number of amides is 1. The first-order valence-electron chi connectivity index (χ1n) is 6.70. The highest BCUT2D eigenvalue weighted by molar-refractivity contribution is 5.68. The predicted octanol–water partition coefficient (Wildman–Crippen LogP) is 2.32. The van der Waals surface area contributed by atoms with Crippen molar-refractivity contribution in [1.82, 2.24) is 5.32 Å². The summed E-state index contributed by atoms with van der Waals surface area (Å²) in [7, 11) is 3.08. The van der Waals surface area contributed by atoms with Gasteiger partial charge < -0.3 is 19.9 Å². The normalized spacial score (nSPS) is 12.6. The second-order valence-corrected chi connectivity index (χ2v) is 5.65. The minimum absolute atomic E-state index is 0.479. The first-order chi connectivity index (χ1) is 9.75. The highest BCUT2D eigenvalue weighted by Gasteiger charge is 2.19. The van der Waals surface area contributed by atoms with Crippen LogP contribution in [0.5, 0.6) is 5.75 Å². The van der Waals surface area contributed by atoms with Crippen LogP contribution in [0, 0.1) is 0 Å². The Bertz CT molecular complexity index is 483. The van der Waals surface area contributed by atoms with E-state index < -0.39 is 17.9 Å². The van der Waals surface area contributed by atoms with Crippen LogP contribution in [-0.2, 0) is 15.9 Å². The Labute approximate surface area is 125 Å². The smallest absolute Gasteiger partial charge is 0.409 e. The van der Waals surface area contributed by atoms with Gasteiger partial charge in [-0.1, -0.05) is 6.07 Å². The molecule has 1 unspecified atom stereocenters. The second kappa shape index (κ2) is 7.17. The molecule has 6 nitrogen and oxygen atoms in total. The summed E-state index contributed by atoms with van der Waals surface area (Å²) in [5.74, 6) is 0.597. The van der Waals surface area contributed by atoms with E-state index in [1.54, 1.807) is 33.9 Å². The minimum Gasteiger partial charge on any atom is -0.495 e. The SMILES string of the molecule is COc1cc(CC(NC(=O)OC(C)(C)C)OC)ccc1N. The van der Waals surface area contributed by atoms with Crippen molar-refractivity contribution in [2.45, 2.75) is 39.0 Å². The number of hydrogen-bond donors (Lipinski definition) is 2. The zero-order chi connectivity index (χ0) is 16.0. The van der Waals surface area contributed by atoms with E-state index in [2.05, 4.69) is 5.32 Å². The van der Waals surface area contributed by atoms with Crippen molar-refractivity contribution in [3.8, 4) is 5.75 Å². The van der Waals surface area contributed by atoms with Gasteiger partial charge in [-0.3, -0.25) is 5.32 Å². The molecule has 0 aliphatic carbocycles. The molecule has 6 heteroatoms. The van der Waals surface area contributed by atoms with Crippen LogP contribution in [0.15, 0.2) is 18.2 Å². The summed E-state index contributed by atoms with van der Waals surface area (Å²) in [5, 5.41) is 2.67. The lowest BCUT2D eigenvalue weighted by atomic mass is 10.1. The minimum atomic E-state index is -0.549. The molecular weight excluding hydrogens is 272 g/mol. The van der Waals surface area contributed by atoms with Gasteiger partial charge in [0.25, 0.3) is 0 Å². The topological polar surface area (TPSA) is 82.8 Å². The van der Waals surface area contributed by atoms with Crippen LogP contribution in [0.4, 0.5) is 10.5 Å². The summed E-state index contributed by atoms with van der Waals surface area (Å²) in [6.45, 7) is 5.41. The summed E-state index contributed by atoms with van der Waals surface area (Å²) in [6.07, 6.45) is -0.531. The van der Waals surface area contributed by atoms with Crippen molar-refractivity contribution in [1.29, 1.82) is 0 Å². The van der Waals surface area contributed by atoms with E-state index in [4.69, 9.17) is 19.9 Å². The fraction of sp³-hybridized carbons (Fsp3) is 0.533. The van der Waals surface area contributed by atoms with Crippen LogP contribution < -0.4 is 15.8 Å². The first kappa shape index (κ1) is 17.1. The lowest BCUT2D eigenvalue weighted by Gasteiger charge is -2.23. The Hall–Kier alpha value is -1.95. The molecule has 1 amide bonds. The van der Waals surface area contributed by atoms with E-state index in [9.17, 15) is 4.79 Å². The molecule has 0 aromatic heterocycles. The van der Waals surface area contributed by atoms with E-state index in [0.29, 0.717) is 17.9 Å². The summed E-state index contributed by atoms with van der Waals surface area (Å²) >= 11 is 0. The van der Waals surface area contributed by atoms with Gasteiger partial charge in [-0.2, -0.15) is 0 Å². The van der Waals surface area contributed by atoms with Crippen molar-refractivity contribution in [3.05, 3.63) is 23.8 Å². The number of anilines is 1. The molecule has 0 fully saturated rings. The molecule has 0 aliphatic heterocycles. The number of nitrogen functional groups attached to an aromatic ring is 1. The molecule has 0 spiro atoms. The summed E-state index contributed by atoms with van der Waals surface area (Å²) in [4.78, 5) is 11.7. The Morgan fingerprint density at radius 2 is 2.00 bits per heavy atom. The van der Waals surface area contributed by atoms with Crippen molar-refractivity contribution in [2.75, 3.05) is 20.0 Å². The molecular formula is C15H24N2O4. The van der Waals surface area contributed by atoms with Gasteiger partial charge in [-0.05, 0) is 38.5 Å². The predicted molar refractivity (Wildman–Crippen MR) is 81.3 cm³/mol. The third-order valence-corrected chi connectivity index (χ3v) is 2.68. The van der Waals surface area contributed by atoms with Crippen molar-refractivity contribution in [3.63, 3.8) is 0 Å². The van der Waals surface area contributed by atoms with Crippen LogP contribution in [0.1, 0.15) is 26.3 Å². The van der Waals surface area contributed by atoms with E-state index in [0.717, 1.165) is 5.56 Å². The third-order valence-electron chi connectivity index (χ3n) is 2.68. The second-order valence-electron chi connectivity index (χ2n) is 5.65. The maximum atomic E-state index is 11.7. The molecule has 0 saturated carbocycles. The Morgan fingerprint density at radius 3 is 2.52 bits per heavy atom. The van der Waals surface area contributed by atoms with E-state index in [1.165, 1.54) is 7.11 Å². The van der Waals surface area contributed by atoms with Crippen LogP contribution in [0.3, 0.4) is 0 Å². The fourth-order valence-corrected chi connectivity index (χ4v) is 1.73. The van der Waals surface area contributed by atoms with Gasteiger partial charge in [-0.25, -0.2) is 4.79 Å². The summed E-state index contributed by atoms with van der Waals surface area (Å²) in [5.41, 5.74) is 6.72. The average Bonchev–Trinajstić information content (AvgIpc) is 2.37. The first-order valence-corrected chi connectivity index (χ1v) is 6.70. The van der Waals surface area contributed by atoms with Crippen LogP contribution in [0.2, 0.25) is 0 Å². The number of hydrogen-bond acceptors (Lipinski definition) is 5. The van der Waals surface area contributed by atoms with Gasteiger partial charge in [-0.15, -0.1) is 0 Å². The zero-order valence-electron chi connectivity index (χ0n) is 13.2. The molecule has 21 heavy (non-hydrogen) atoms. The van der Waals surface area contributed by atoms with Crippen molar-refractivity contribution >= 4 is 11.8 Å². The quantitative estimate of drug-likeness (QED) is 0.643. The lowest BCUT2D eigenvalue weighted by Crippen LogP contribution is -2.41. The van der Waals surface area contributed by atoms with E-state index in [1.807, 2.05) is 12.1 Å². The van der Waals surface area contributed by atoms with Crippen LogP contribution in [-0.4, -0.2) is 32.1 Å². The van der Waals surface area contributed by atoms with Crippen molar-refractivity contribution < 1.29 is 19.0 Å². The summed E-state index contributed by atoms with van der Waals surface area (Å²) in [6, 6.07) is 5.44. The Morgan fingerprint density at radius 1 is 1.33 bits per heavy atom. The van der Waals surface area contributed by atoms with Gasteiger partial charge in [0.1, 0.15) is 17.6 Å². The molecule has 0 aliphatic rings. The molecule has 1 aromatic carbocycles. The van der Waals surface area contributed by atoms with Gasteiger partial charge in [0.15, 0.2) is 0 Å². The number of benzene rings is 1. The van der Waals surface area contributed by atoms with Crippen molar-refractivity contribution in [2.24, 2.45) is 0 Å². The van der Waals surface area contributed by atoms with Crippen LogP contribution >= 0.6 is 0 Å². The number of alkyl carbamates (subject to hydrolysis) is 1. The number of nitrogens with two attached hydrogens (primary N) is 1. The standard InChI is InChI=1S/C15H24N2O4/c1-15(2,3)21-14(18)17-13(20-5)9-10-6-7-11(16)12(8-10)19-4/h6-8,13H,9,16H2,1-5H3,(H,17,18). The Kier molecular flexibility index (Phi) is 5.84. The lowest BCUT2D eigenvalue weighted by molar-refractivity contribution is 0.0240. The molecule has 0 heterocycles. The largest absolute Gasteiger partial charge is 0.495 e. The van der Waals surface area contributed by atoms with E-state index >= 15 is 0 Å². The molecule has 1 atom stereocenters. The molecule has 0 saturated heterocycles. The third kappa shape index (κ3) is 5.91. The van der Waals surface area contributed by atoms with Gasteiger partial charge in [0, 0.05) is 13.5 Å². The molecule has 1 aromatic rings. The van der Waals surface area contributed by atoms with Gasteiger partial charge >= 0.3 is 6.09 Å². The summed E-state index contributed by atoms with van der Waals surface area (Å²) < 4.78 is 15.6. The number of methoxy groups -OCH3 is 2. The fourth-order valence-electron chi connectivity index (χ4n) is 1.73. The van der Waals surface area contributed by atoms with E-state index in [-0.39, 0.29) is 0 Å². The molecule has 3 N–H and O–H groups in total. The average molecular weight is 296 g/mol. The molecule has 1 rings (SSSR count). The molecule has 0 bridgehead atoms. The van der Waals surface area contributed by atoms with Gasteiger partial charge in [0.05, 0.1) is 12.8 Å². The number of carbonyl (C=O) groups excluding carboxylic acids is 1. The monoisotopic (exact) mass is 296 g/mol. The number of ether oxygens (including phenoxy) is 3. The maximum Gasteiger partial charge on any atom is 0.409 e. The highest BCUT2D eigenvalue weighted by atomic mass is 16.6. The maximum absolute atomic E-state index is 11.7. The Balaban J connectivity index is 2.68. The van der Waals surface area contributed by atoms with Gasteiger partial charge in [0.2, 0.25) is 0 Å². The zero-order valence-corrected chi connectivity index (χ0v) is 13.2. The number of rotatable bonds is 5. The molecule has 0 radical (unpaired) electrons. The van der Waals surface area contributed by atoms with Crippen LogP contribution in [0.25, 0.3) is 0 Å².